The summed E-state index contributed by atoms with van der Waals surface area (Å²) in [6.45, 7) is 5.45. The summed E-state index contributed by atoms with van der Waals surface area (Å²) in [6.07, 6.45) is 1.64. The van der Waals surface area contributed by atoms with E-state index in [4.69, 9.17) is 5.73 Å². The fraction of sp³-hybridized carbons (Fsp3) is 0.765. The molecule has 1 aliphatic heterocycles. The lowest BCUT2D eigenvalue weighted by molar-refractivity contribution is -0.145. The second kappa shape index (κ2) is 10.5. The van der Waals surface area contributed by atoms with E-state index in [-0.39, 0.29) is 11.7 Å². The van der Waals surface area contributed by atoms with Gasteiger partial charge < -0.3 is 26.4 Å². The predicted octanol–water partition coefficient (Wildman–Crippen LogP) is -0.645. The lowest BCUT2D eigenvalue weighted by atomic mass is 9.98. The van der Waals surface area contributed by atoms with E-state index in [0.717, 1.165) is 0 Å². The molecule has 5 N–H and O–H groups in total. The molecule has 9 nitrogen and oxygen atoms in total. The zero-order valence-electron chi connectivity index (χ0n) is 16.0. The number of hydrogen-bond donors (Lipinski definition) is 5. The van der Waals surface area contributed by atoms with Gasteiger partial charge in [0.1, 0.15) is 18.1 Å². The van der Waals surface area contributed by atoms with Gasteiger partial charge in [0, 0.05) is 12.3 Å². The molecule has 0 aromatic heterocycles. The van der Waals surface area contributed by atoms with Crippen molar-refractivity contribution >= 4 is 36.3 Å². The third-order valence-corrected chi connectivity index (χ3v) is 5.19. The molecule has 0 aromatic carbocycles. The number of likely N-dealkylation sites (tertiary alicyclic amines) is 1. The van der Waals surface area contributed by atoms with E-state index in [0.29, 0.717) is 25.8 Å². The molecule has 3 amide bonds. The molecule has 1 heterocycles. The maximum absolute atomic E-state index is 12.8. The quantitative estimate of drug-likeness (QED) is 0.325. The zero-order chi connectivity index (χ0) is 20.7. The molecule has 0 aliphatic carbocycles. The number of nitrogens with zero attached hydrogens (tertiary/aromatic N) is 1. The van der Waals surface area contributed by atoms with Crippen LogP contribution in [0.3, 0.4) is 0 Å². The first-order chi connectivity index (χ1) is 12.6. The number of thiol groups is 1. The summed E-state index contributed by atoms with van der Waals surface area (Å²) in [5, 5.41) is 14.4. The van der Waals surface area contributed by atoms with E-state index in [2.05, 4.69) is 23.3 Å². The number of carbonyl (C=O) groups is 4. The van der Waals surface area contributed by atoms with Crippen LogP contribution < -0.4 is 16.4 Å². The van der Waals surface area contributed by atoms with Crippen molar-refractivity contribution in [2.45, 2.75) is 64.2 Å². The number of carboxylic acid groups (broad SMARTS) is 1. The molecule has 0 unspecified atom stereocenters. The van der Waals surface area contributed by atoms with Crippen LogP contribution in [-0.2, 0) is 19.2 Å². The smallest absolute Gasteiger partial charge is 0.326 e. The average molecular weight is 403 g/mol. The van der Waals surface area contributed by atoms with Crippen LogP contribution in [0.4, 0.5) is 0 Å². The van der Waals surface area contributed by atoms with Crippen molar-refractivity contribution in [1.29, 1.82) is 0 Å². The molecule has 1 fully saturated rings. The standard InChI is InChI=1S/C17H30N4O5S/c1-4-9(2)13(17(25)26)20-15(23)12-6-5-7-21(12)16(24)11(8-27)19-14(22)10(3)18/h9-13,27H,4-8,18H2,1-3H3,(H,19,22)(H,20,23)(H,25,26)/t9-,10-,11-,12-,13-/m0/s1. The summed E-state index contributed by atoms with van der Waals surface area (Å²) < 4.78 is 0. The number of nitrogens with two attached hydrogens (primary N) is 1. The van der Waals surface area contributed by atoms with Gasteiger partial charge in [0.05, 0.1) is 6.04 Å². The van der Waals surface area contributed by atoms with E-state index >= 15 is 0 Å². The first-order valence-corrected chi connectivity index (χ1v) is 9.77. The molecular weight excluding hydrogens is 372 g/mol. The lowest BCUT2D eigenvalue weighted by Gasteiger charge is -2.30. The Hall–Kier alpha value is -1.81. The van der Waals surface area contributed by atoms with Crippen molar-refractivity contribution < 1.29 is 24.3 Å². The molecule has 0 radical (unpaired) electrons. The highest BCUT2D eigenvalue weighted by Crippen LogP contribution is 2.20. The van der Waals surface area contributed by atoms with Crippen LogP contribution in [0.15, 0.2) is 0 Å². The van der Waals surface area contributed by atoms with Crippen LogP contribution in [0, 0.1) is 5.92 Å². The van der Waals surface area contributed by atoms with Gasteiger partial charge in [0.25, 0.3) is 0 Å². The van der Waals surface area contributed by atoms with Crippen molar-refractivity contribution in [3.63, 3.8) is 0 Å². The molecule has 1 rings (SSSR count). The van der Waals surface area contributed by atoms with Crippen LogP contribution in [-0.4, -0.2) is 70.2 Å². The molecular formula is C17H30N4O5S. The molecule has 0 saturated carbocycles. The van der Waals surface area contributed by atoms with Gasteiger partial charge in [-0.1, -0.05) is 20.3 Å². The van der Waals surface area contributed by atoms with Crippen LogP contribution >= 0.6 is 12.6 Å². The Morgan fingerprint density at radius 2 is 1.89 bits per heavy atom. The molecule has 10 heteroatoms. The Morgan fingerprint density at radius 3 is 2.37 bits per heavy atom. The highest BCUT2D eigenvalue weighted by molar-refractivity contribution is 7.80. The monoisotopic (exact) mass is 402 g/mol. The molecule has 0 bridgehead atoms. The Bertz CT molecular complexity index is 572. The number of amides is 3. The minimum absolute atomic E-state index is 0.0623. The zero-order valence-corrected chi connectivity index (χ0v) is 16.9. The highest BCUT2D eigenvalue weighted by Gasteiger charge is 2.39. The van der Waals surface area contributed by atoms with E-state index < -0.39 is 47.9 Å². The van der Waals surface area contributed by atoms with Gasteiger partial charge in [-0.3, -0.25) is 14.4 Å². The number of carboxylic acids is 1. The summed E-state index contributed by atoms with van der Waals surface area (Å²) in [7, 11) is 0. The molecule has 154 valence electrons. The first kappa shape index (κ1) is 23.2. The molecule has 0 spiro atoms. The van der Waals surface area contributed by atoms with E-state index in [9.17, 15) is 24.3 Å². The van der Waals surface area contributed by atoms with Gasteiger partial charge in [0.15, 0.2) is 0 Å². The molecule has 27 heavy (non-hydrogen) atoms. The molecule has 5 atom stereocenters. The number of hydrogen-bond acceptors (Lipinski definition) is 6. The van der Waals surface area contributed by atoms with Gasteiger partial charge in [-0.05, 0) is 25.7 Å². The summed E-state index contributed by atoms with van der Waals surface area (Å²) >= 11 is 4.11. The highest BCUT2D eigenvalue weighted by atomic mass is 32.1. The van der Waals surface area contributed by atoms with E-state index in [1.807, 2.05) is 6.92 Å². The van der Waals surface area contributed by atoms with Crippen LogP contribution in [0.25, 0.3) is 0 Å². The van der Waals surface area contributed by atoms with Gasteiger partial charge >= 0.3 is 5.97 Å². The van der Waals surface area contributed by atoms with Crippen molar-refractivity contribution in [2.75, 3.05) is 12.3 Å². The number of nitrogens with one attached hydrogen (secondary N) is 2. The third-order valence-electron chi connectivity index (χ3n) is 4.83. The van der Waals surface area contributed by atoms with Gasteiger partial charge in [-0.2, -0.15) is 12.6 Å². The van der Waals surface area contributed by atoms with Crippen LogP contribution in [0.1, 0.15) is 40.0 Å². The fourth-order valence-electron chi connectivity index (χ4n) is 2.92. The molecule has 1 saturated heterocycles. The van der Waals surface area contributed by atoms with Crippen molar-refractivity contribution in [3.8, 4) is 0 Å². The fourth-order valence-corrected chi connectivity index (χ4v) is 3.17. The largest absolute Gasteiger partial charge is 0.480 e. The maximum atomic E-state index is 12.8. The summed E-state index contributed by atoms with van der Waals surface area (Å²) in [5.74, 6) is -2.69. The van der Waals surface area contributed by atoms with E-state index in [1.54, 1.807) is 6.92 Å². The third kappa shape index (κ3) is 6.10. The topological polar surface area (TPSA) is 142 Å². The number of rotatable bonds is 9. The number of carbonyl (C=O) groups excluding carboxylic acids is 3. The average Bonchev–Trinajstić information content (AvgIpc) is 3.11. The summed E-state index contributed by atoms with van der Waals surface area (Å²) in [6, 6.07) is -3.45. The molecule has 0 aromatic rings. The Balaban J connectivity index is 2.86. The molecule has 1 aliphatic rings. The minimum Gasteiger partial charge on any atom is -0.480 e. The SMILES string of the molecule is CC[C@H](C)[C@H](NC(=O)[C@@H]1CCCN1C(=O)[C@H](CS)NC(=O)[C@H](C)N)C(=O)O. The maximum Gasteiger partial charge on any atom is 0.326 e. The Kier molecular flexibility index (Phi) is 9.04. The second-order valence-electron chi connectivity index (χ2n) is 6.93. The Labute approximate surface area is 164 Å². The second-order valence-corrected chi connectivity index (χ2v) is 7.30. The summed E-state index contributed by atoms with van der Waals surface area (Å²) in [5.41, 5.74) is 5.51. The number of aliphatic carboxylic acids is 1. The summed E-state index contributed by atoms with van der Waals surface area (Å²) in [4.78, 5) is 50.0. The van der Waals surface area contributed by atoms with Gasteiger partial charge in [-0.15, -0.1) is 0 Å². The first-order valence-electron chi connectivity index (χ1n) is 9.14. The lowest BCUT2D eigenvalue weighted by Crippen LogP contribution is -2.57. The van der Waals surface area contributed by atoms with Crippen LogP contribution in [0.2, 0.25) is 0 Å². The van der Waals surface area contributed by atoms with E-state index in [1.165, 1.54) is 11.8 Å². The van der Waals surface area contributed by atoms with Crippen molar-refractivity contribution in [2.24, 2.45) is 11.7 Å². The minimum atomic E-state index is -1.11. The van der Waals surface area contributed by atoms with Crippen molar-refractivity contribution in [3.05, 3.63) is 0 Å². The van der Waals surface area contributed by atoms with Gasteiger partial charge in [-0.25, -0.2) is 4.79 Å². The predicted molar refractivity (Wildman–Crippen MR) is 103 cm³/mol. The van der Waals surface area contributed by atoms with Gasteiger partial charge in [0.2, 0.25) is 17.7 Å². The van der Waals surface area contributed by atoms with Crippen LogP contribution in [0.5, 0.6) is 0 Å². The van der Waals surface area contributed by atoms with Crippen molar-refractivity contribution in [1.82, 2.24) is 15.5 Å². The normalized spacial score (nSPS) is 21.1. The Morgan fingerprint density at radius 1 is 1.26 bits per heavy atom.